The highest BCUT2D eigenvalue weighted by Crippen LogP contribution is 2.16. The van der Waals surface area contributed by atoms with Crippen molar-refractivity contribution in [2.75, 3.05) is 19.4 Å². The van der Waals surface area contributed by atoms with E-state index in [1.54, 1.807) is 12.1 Å². The summed E-state index contributed by atoms with van der Waals surface area (Å²) in [6.07, 6.45) is 3.33. The first kappa shape index (κ1) is 18.1. The van der Waals surface area contributed by atoms with Gasteiger partial charge in [-0.1, -0.05) is 18.2 Å². The Kier molecular flexibility index (Phi) is 5.06. The Balaban J connectivity index is 1.71. The van der Waals surface area contributed by atoms with Gasteiger partial charge in [0, 0.05) is 38.6 Å². The summed E-state index contributed by atoms with van der Waals surface area (Å²) in [7, 11) is -0.476. The summed E-state index contributed by atoms with van der Waals surface area (Å²) in [6.45, 7) is 2.50. The second-order valence-electron chi connectivity index (χ2n) is 6.04. The normalized spacial score (nSPS) is 11.7. The summed E-state index contributed by atoms with van der Waals surface area (Å²) in [5.41, 5.74) is 2.96. The average molecular weight is 371 g/mol. The monoisotopic (exact) mass is 371 g/mol. The number of pyridine rings is 1. The Bertz CT molecular complexity index is 980. The van der Waals surface area contributed by atoms with E-state index in [-0.39, 0.29) is 4.90 Å². The molecule has 136 valence electrons. The Morgan fingerprint density at radius 1 is 1.12 bits per heavy atom. The first-order valence-electron chi connectivity index (χ1n) is 8.11. The topological polar surface area (TPSA) is 80.1 Å². The van der Waals surface area contributed by atoms with E-state index in [1.807, 2.05) is 48.1 Å². The van der Waals surface area contributed by atoms with E-state index >= 15 is 0 Å². The van der Waals surface area contributed by atoms with Gasteiger partial charge in [-0.2, -0.15) is 5.10 Å². The molecule has 0 unspecified atom stereocenters. The molecule has 1 aromatic carbocycles. The predicted molar refractivity (Wildman–Crippen MR) is 101 cm³/mol. The van der Waals surface area contributed by atoms with Crippen molar-refractivity contribution < 1.29 is 8.42 Å². The average Bonchev–Trinajstić information content (AvgIpc) is 3.02. The second-order valence-corrected chi connectivity index (χ2v) is 8.19. The molecule has 1 N–H and O–H groups in total. The third kappa shape index (κ3) is 3.76. The quantitative estimate of drug-likeness (QED) is 0.720. The van der Waals surface area contributed by atoms with E-state index in [0.717, 1.165) is 16.9 Å². The third-order valence-corrected chi connectivity index (χ3v) is 5.79. The first-order valence-corrected chi connectivity index (χ1v) is 9.55. The lowest BCUT2D eigenvalue weighted by atomic mass is 10.2. The zero-order valence-corrected chi connectivity index (χ0v) is 15.7. The van der Waals surface area contributed by atoms with Crippen molar-refractivity contribution in [3.05, 3.63) is 66.1 Å². The maximum Gasteiger partial charge on any atom is 0.244 e. The maximum absolute atomic E-state index is 12.1. The van der Waals surface area contributed by atoms with Gasteiger partial charge in [-0.15, -0.1) is 0 Å². The maximum atomic E-state index is 12.1. The molecule has 3 aromatic rings. The van der Waals surface area contributed by atoms with Crippen LogP contribution in [0, 0.1) is 6.92 Å². The van der Waals surface area contributed by atoms with Crippen molar-refractivity contribution in [2.45, 2.75) is 18.4 Å². The van der Waals surface area contributed by atoms with Crippen molar-refractivity contribution in [1.29, 1.82) is 0 Å². The minimum atomic E-state index is -3.47. The van der Waals surface area contributed by atoms with E-state index in [1.165, 1.54) is 24.6 Å². The van der Waals surface area contributed by atoms with Gasteiger partial charge in [0.2, 0.25) is 10.0 Å². The lowest BCUT2D eigenvalue weighted by Gasteiger charge is -2.11. The van der Waals surface area contributed by atoms with Gasteiger partial charge in [-0.25, -0.2) is 22.4 Å². The standard InChI is InChI=1S/C18H21N5O2S/c1-14-15(13-23(21-14)16-7-5-4-6-8-16)11-19-18-10-9-17(12-20-18)26(24,25)22(2)3/h4-10,12-13H,11H2,1-3H3,(H,19,20). The van der Waals surface area contributed by atoms with Crippen molar-refractivity contribution in [3.63, 3.8) is 0 Å². The summed E-state index contributed by atoms with van der Waals surface area (Å²) in [4.78, 5) is 4.36. The number of nitrogens with one attached hydrogen (secondary N) is 1. The Morgan fingerprint density at radius 3 is 2.46 bits per heavy atom. The number of anilines is 1. The highest BCUT2D eigenvalue weighted by atomic mass is 32.2. The van der Waals surface area contributed by atoms with Crippen LogP contribution in [0.4, 0.5) is 5.82 Å². The van der Waals surface area contributed by atoms with Crippen LogP contribution in [0.2, 0.25) is 0 Å². The lowest BCUT2D eigenvalue weighted by Crippen LogP contribution is -2.22. The predicted octanol–water partition coefficient (Wildman–Crippen LogP) is 2.44. The fourth-order valence-electron chi connectivity index (χ4n) is 2.42. The van der Waals surface area contributed by atoms with Crippen LogP contribution in [-0.4, -0.2) is 41.6 Å². The molecule has 0 aliphatic heterocycles. The molecule has 0 amide bonds. The summed E-state index contributed by atoms with van der Waals surface area (Å²) in [6, 6.07) is 13.1. The van der Waals surface area contributed by atoms with Crippen molar-refractivity contribution in [2.24, 2.45) is 0 Å². The summed E-state index contributed by atoms with van der Waals surface area (Å²) >= 11 is 0. The number of hydrogen-bond acceptors (Lipinski definition) is 5. The van der Waals surface area contributed by atoms with Crippen LogP contribution in [0.25, 0.3) is 5.69 Å². The molecule has 2 aromatic heterocycles. The van der Waals surface area contributed by atoms with Gasteiger partial charge in [-0.05, 0) is 31.2 Å². The summed E-state index contributed by atoms with van der Waals surface area (Å²) in [5.74, 6) is 0.606. The van der Waals surface area contributed by atoms with E-state index in [0.29, 0.717) is 12.4 Å². The number of nitrogens with zero attached hydrogens (tertiary/aromatic N) is 4. The largest absolute Gasteiger partial charge is 0.366 e. The zero-order chi connectivity index (χ0) is 18.7. The van der Waals surface area contributed by atoms with Gasteiger partial charge in [0.25, 0.3) is 0 Å². The van der Waals surface area contributed by atoms with Gasteiger partial charge < -0.3 is 5.32 Å². The molecule has 0 aliphatic rings. The molecule has 26 heavy (non-hydrogen) atoms. The van der Waals surface area contributed by atoms with E-state index in [9.17, 15) is 8.42 Å². The fourth-order valence-corrected chi connectivity index (χ4v) is 3.26. The van der Waals surface area contributed by atoms with Gasteiger partial charge >= 0.3 is 0 Å². The first-order chi connectivity index (χ1) is 12.4. The Morgan fingerprint density at radius 2 is 1.85 bits per heavy atom. The molecular formula is C18H21N5O2S. The molecular weight excluding hydrogens is 350 g/mol. The molecule has 0 saturated heterocycles. The minimum absolute atomic E-state index is 0.168. The molecule has 2 heterocycles. The number of para-hydroxylation sites is 1. The highest BCUT2D eigenvalue weighted by Gasteiger charge is 2.17. The molecule has 0 fully saturated rings. The van der Waals surface area contributed by atoms with Crippen LogP contribution in [-0.2, 0) is 16.6 Å². The number of sulfonamides is 1. The molecule has 0 spiro atoms. The highest BCUT2D eigenvalue weighted by molar-refractivity contribution is 7.89. The Hall–Kier alpha value is -2.71. The second kappa shape index (κ2) is 7.27. The van der Waals surface area contributed by atoms with Crippen molar-refractivity contribution >= 4 is 15.8 Å². The van der Waals surface area contributed by atoms with Gasteiger partial charge in [-0.3, -0.25) is 0 Å². The molecule has 0 saturated carbocycles. The molecule has 0 aliphatic carbocycles. The minimum Gasteiger partial charge on any atom is -0.366 e. The van der Waals surface area contributed by atoms with Crippen LogP contribution in [0.5, 0.6) is 0 Å². The lowest BCUT2D eigenvalue weighted by molar-refractivity contribution is 0.520. The SMILES string of the molecule is Cc1nn(-c2ccccc2)cc1CNc1ccc(S(=O)(=O)N(C)C)cn1. The molecule has 7 nitrogen and oxygen atoms in total. The number of aryl methyl sites for hydroxylation is 1. The van der Waals surface area contributed by atoms with Crippen LogP contribution in [0.15, 0.2) is 59.8 Å². The third-order valence-electron chi connectivity index (χ3n) is 4.00. The molecule has 0 bridgehead atoms. The molecule has 0 radical (unpaired) electrons. The van der Waals surface area contributed by atoms with E-state index in [2.05, 4.69) is 15.4 Å². The molecule has 3 rings (SSSR count). The van der Waals surface area contributed by atoms with Gasteiger partial charge in [0.15, 0.2) is 0 Å². The van der Waals surface area contributed by atoms with E-state index in [4.69, 9.17) is 0 Å². The Labute approximate surface area is 153 Å². The van der Waals surface area contributed by atoms with Crippen LogP contribution < -0.4 is 5.32 Å². The number of rotatable bonds is 6. The number of hydrogen-bond donors (Lipinski definition) is 1. The van der Waals surface area contributed by atoms with Crippen molar-refractivity contribution in [1.82, 2.24) is 19.1 Å². The molecule has 8 heteroatoms. The number of benzene rings is 1. The summed E-state index contributed by atoms with van der Waals surface area (Å²) < 4.78 is 27.1. The smallest absolute Gasteiger partial charge is 0.244 e. The van der Waals surface area contributed by atoms with Crippen LogP contribution in [0.1, 0.15) is 11.3 Å². The van der Waals surface area contributed by atoms with Crippen LogP contribution in [0.3, 0.4) is 0 Å². The van der Waals surface area contributed by atoms with E-state index < -0.39 is 10.0 Å². The van der Waals surface area contributed by atoms with Crippen LogP contribution >= 0.6 is 0 Å². The number of aromatic nitrogens is 3. The van der Waals surface area contributed by atoms with Gasteiger partial charge in [0.1, 0.15) is 10.7 Å². The van der Waals surface area contributed by atoms with Gasteiger partial charge in [0.05, 0.1) is 11.4 Å². The summed E-state index contributed by atoms with van der Waals surface area (Å²) in [5, 5.41) is 7.73. The molecule has 0 atom stereocenters. The zero-order valence-electron chi connectivity index (χ0n) is 14.9. The fraction of sp³-hybridized carbons (Fsp3) is 0.222. The van der Waals surface area contributed by atoms with Crippen molar-refractivity contribution in [3.8, 4) is 5.69 Å².